The summed E-state index contributed by atoms with van der Waals surface area (Å²) in [7, 11) is 0. The zero-order valence-electron chi connectivity index (χ0n) is 11.8. The van der Waals surface area contributed by atoms with E-state index in [1.165, 1.54) is 39.0 Å². The molecule has 0 aromatic rings. The van der Waals surface area contributed by atoms with Gasteiger partial charge < -0.3 is 15.3 Å². The van der Waals surface area contributed by atoms with Crippen molar-refractivity contribution in [2.24, 2.45) is 5.41 Å². The minimum Gasteiger partial charge on any atom is -0.478 e. The van der Waals surface area contributed by atoms with Crippen LogP contribution in [-0.2, 0) is 14.4 Å². The van der Waals surface area contributed by atoms with E-state index in [0.29, 0.717) is 0 Å². The Morgan fingerprint density at radius 1 is 0.700 bits per heavy atom. The Kier molecular flexibility index (Phi) is 5.90. The molecule has 0 heterocycles. The monoisotopic (exact) mass is 282 g/mol. The van der Waals surface area contributed by atoms with Gasteiger partial charge in [0, 0.05) is 22.1 Å². The zero-order valence-corrected chi connectivity index (χ0v) is 11.8. The second kappa shape index (κ2) is 6.70. The van der Waals surface area contributed by atoms with Crippen LogP contribution in [0.3, 0.4) is 0 Å². The molecule has 0 spiro atoms. The lowest BCUT2D eigenvalue weighted by atomic mass is 9.84. The fourth-order valence-corrected chi connectivity index (χ4v) is 1.71. The molecule has 0 aromatic carbocycles. The highest BCUT2D eigenvalue weighted by atomic mass is 16.4. The summed E-state index contributed by atoms with van der Waals surface area (Å²) < 4.78 is 0. The zero-order chi connectivity index (χ0) is 16.1. The maximum Gasteiger partial charge on any atom is 0.330 e. The van der Waals surface area contributed by atoms with Crippen LogP contribution < -0.4 is 0 Å². The van der Waals surface area contributed by atoms with Crippen molar-refractivity contribution in [3.63, 3.8) is 0 Å². The van der Waals surface area contributed by atoms with Crippen molar-refractivity contribution in [3.8, 4) is 0 Å². The minimum absolute atomic E-state index is 0.00335. The van der Waals surface area contributed by atoms with Crippen molar-refractivity contribution in [1.29, 1.82) is 0 Å². The molecule has 0 saturated heterocycles. The third-order valence-electron chi connectivity index (χ3n) is 2.59. The predicted molar refractivity (Wildman–Crippen MR) is 72.3 cm³/mol. The number of hydrogen-bond donors (Lipinski definition) is 3. The summed E-state index contributed by atoms with van der Waals surface area (Å²) in [6.07, 6.45) is 3.94. The van der Waals surface area contributed by atoms with Gasteiger partial charge in [-0.2, -0.15) is 0 Å². The summed E-state index contributed by atoms with van der Waals surface area (Å²) in [6, 6.07) is 0. The first-order valence-corrected chi connectivity index (χ1v) is 5.77. The minimum atomic E-state index is -1.15. The molecule has 6 heteroatoms. The highest BCUT2D eigenvalue weighted by Gasteiger charge is 2.21. The van der Waals surface area contributed by atoms with Crippen molar-refractivity contribution < 1.29 is 29.7 Å². The predicted octanol–water partition coefficient (Wildman–Crippen LogP) is 2.09. The molecule has 0 aliphatic heterocycles. The van der Waals surface area contributed by atoms with E-state index in [-0.39, 0.29) is 16.7 Å². The lowest BCUT2D eigenvalue weighted by Gasteiger charge is -2.20. The Morgan fingerprint density at radius 2 is 0.900 bits per heavy atom. The van der Waals surface area contributed by atoms with E-state index in [1.54, 1.807) is 6.92 Å². The molecule has 0 atom stereocenters. The van der Waals surface area contributed by atoms with Gasteiger partial charge >= 0.3 is 17.9 Å². The molecule has 0 bridgehead atoms. The third kappa shape index (κ3) is 5.51. The summed E-state index contributed by atoms with van der Waals surface area (Å²) in [5.74, 6) is -3.46. The Balaban J connectivity index is 5.94. The van der Waals surface area contributed by atoms with Gasteiger partial charge in [-0.25, -0.2) is 14.4 Å². The molecule has 110 valence electrons. The standard InChI is InChI=1S/C14H18O6/c1-8(11(15)16)5-14(4,6-9(2)12(17)18)7-10(3)13(19)20/h5-7H,1-4H3,(H,15,16)(H,17,18)(H,19,20). The quantitative estimate of drug-likeness (QED) is 0.643. The van der Waals surface area contributed by atoms with E-state index >= 15 is 0 Å². The highest BCUT2D eigenvalue weighted by Crippen LogP contribution is 2.28. The SMILES string of the molecule is CC(=CC(C)(C=C(C)C(=O)O)C=C(C)C(=O)O)C(=O)O. The van der Waals surface area contributed by atoms with Gasteiger partial charge in [0.05, 0.1) is 0 Å². The fourth-order valence-electron chi connectivity index (χ4n) is 1.71. The molecular formula is C14H18O6. The Morgan fingerprint density at radius 3 is 1.05 bits per heavy atom. The molecular weight excluding hydrogens is 264 g/mol. The van der Waals surface area contributed by atoms with Crippen LogP contribution >= 0.6 is 0 Å². The number of carboxylic acids is 3. The van der Waals surface area contributed by atoms with Crippen LogP contribution in [0.2, 0.25) is 0 Å². The number of carboxylic acid groups (broad SMARTS) is 3. The highest BCUT2D eigenvalue weighted by molar-refractivity contribution is 5.88. The molecule has 0 radical (unpaired) electrons. The molecule has 0 aliphatic rings. The van der Waals surface area contributed by atoms with Crippen molar-refractivity contribution in [2.45, 2.75) is 27.7 Å². The van der Waals surface area contributed by atoms with E-state index in [4.69, 9.17) is 15.3 Å². The molecule has 6 nitrogen and oxygen atoms in total. The summed E-state index contributed by atoms with van der Waals surface area (Å²) >= 11 is 0. The van der Waals surface area contributed by atoms with Crippen molar-refractivity contribution in [3.05, 3.63) is 34.9 Å². The molecule has 0 unspecified atom stereocenters. The van der Waals surface area contributed by atoms with Gasteiger partial charge in [-0.3, -0.25) is 0 Å². The van der Waals surface area contributed by atoms with Gasteiger partial charge in [0.25, 0.3) is 0 Å². The Labute approximate surface area is 116 Å². The summed E-state index contributed by atoms with van der Waals surface area (Å²) in [6.45, 7) is 5.61. The van der Waals surface area contributed by atoms with E-state index in [0.717, 1.165) is 0 Å². The van der Waals surface area contributed by atoms with Crippen LogP contribution in [0.4, 0.5) is 0 Å². The first-order valence-electron chi connectivity index (χ1n) is 5.77. The molecule has 20 heavy (non-hydrogen) atoms. The molecule has 0 aromatic heterocycles. The van der Waals surface area contributed by atoms with Crippen LogP contribution in [0.1, 0.15) is 27.7 Å². The first-order chi connectivity index (χ1) is 8.98. The van der Waals surface area contributed by atoms with Gasteiger partial charge in [0.1, 0.15) is 0 Å². The van der Waals surface area contributed by atoms with Gasteiger partial charge in [0.2, 0.25) is 0 Å². The van der Waals surface area contributed by atoms with E-state index in [1.807, 2.05) is 0 Å². The van der Waals surface area contributed by atoms with Crippen LogP contribution in [0.25, 0.3) is 0 Å². The summed E-state index contributed by atoms with van der Waals surface area (Å²) in [4.78, 5) is 32.6. The first kappa shape index (κ1) is 17.6. The lowest BCUT2D eigenvalue weighted by Crippen LogP contribution is -2.14. The number of rotatable bonds is 6. The third-order valence-corrected chi connectivity index (χ3v) is 2.59. The number of aliphatic carboxylic acids is 3. The Bertz CT molecular complexity index is 448. The van der Waals surface area contributed by atoms with Gasteiger partial charge in [-0.15, -0.1) is 0 Å². The Hall–Kier alpha value is -2.37. The number of hydrogen-bond acceptors (Lipinski definition) is 3. The topological polar surface area (TPSA) is 112 Å². The fraction of sp³-hybridized carbons (Fsp3) is 0.357. The van der Waals surface area contributed by atoms with E-state index in [9.17, 15) is 14.4 Å². The molecule has 0 rings (SSSR count). The van der Waals surface area contributed by atoms with E-state index < -0.39 is 23.3 Å². The maximum atomic E-state index is 10.9. The second-order valence-electron chi connectivity index (χ2n) is 4.76. The second-order valence-corrected chi connectivity index (χ2v) is 4.76. The number of allylic oxidation sites excluding steroid dienone is 3. The average Bonchev–Trinajstić information content (AvgIpc) is 2.27. The van der Waals surface area contributed by atoms with Crippen LogP contribution in [-0.4, -0.2) is 33.2 Å². The molecule has 0 amide bonds. The van der Waals surface area contributed by atoms with Crippen molar-refractivity contribution in [1.82, 2.24) is 0 Å². The van der Waals surface area contributed by atoms with Gasteiger partial charge in [-0.1, -0.05) is 18.2 Å². The lowest BCUT2D eigenvalue weighted by molar-refractivity contribution is -0.133. The molecule has 0 fully saturated rings. The summed E-state index contributed by atoms with van der Waals surface area (Å²) in [5.41, 5.74) is -1.13. The largest absolute Gasteiger partial charge is 0.478 e. The maximum absolute atomic E-state index is 10.9. The van der Waals surface area contributed by atoms with Crippen molar-refractivity contribution in [2.75, 3.05) is 0 Å². The number of carbonyl (C=O) groups is 3. The smallest absolute Gasteiger partial charge is 0.330 e. The molecule has 3 N–H and O–H groups in total. The molecule has 0 aliphatic carbocycles. The average molecular weight is 282 g/mol. The van der Waals surface area contributed by atoms with E-state index in [2.05, 4.69) is 0 Å². The summed E-state index contributed by atoms with van der Waals surface area (Å²) in [5, 5.41) is 26.7. The van der Waals surface area contributed by atoms with Gasteiger partial charge in [-0.05, 0) is 27.7 Å². The van der Waals surface area contributed by atoms with Gasteiger partial charge in [0.15, 0.2) is 0 Å². The van der Waals surface area contributed by atoms with Crippen LogP contribution in [0.15, 0.2) is 34.9 Å². The molecule has 0 saturated carbocycles. The van der Waals surface area contributed by atoms with Crippen molar-refractivity contribution >= 4 is 17.9 Å². The van der Waals surface area contributed by atoms with Crippen LogP contribution in [0, 0.1) is 5.41 Å². The normalized spacial score (nSPS) is 16.5. The van der Waals surface area contributed by atoms with Crippen LogP contribution in [0.5, 0.6) is 0 Å².